The van der Waals surface area contributed by atoms with E-state index in [0.717, 1.165) is 93.3 Å². The van der Waals surface area contributed by atoms with E-state index in [1.165, 1.54) is 31.1 Å². The Morgan fingerprint density at radius 1 is 0.634 bits per heavy atom. The number of nitrogens with zero attached hydrogens (tertiary/aromatic N) is 5. The Labute approximate surface area is 434 Å². The van der Waals surface area contributed by atoms with Gasteiger partial charge in [0.15, 0.2) is 0 Å². The third-order valence-corrected chi connectivity index (χ3v) is 16.9. The van der Waals surface area contributed by atoms with Crippen LogP contribution in [0.25, 0.3) is 41.6 Å². The average Bonchev–Trinajstić information content (AvgIpc) is 4.15. The van der Waals surface area contributed by atoms with E-state index in [2.05, 4.69) is 39.4 Å². The Balaban J connectivity index is 0.000000213. The molecular weight excluding hydrogens is 977 g/mol. The first-order chi connectivity index (χ1) is 34.4. The number of Topliss-reactive ketones (excluding diaryl/α,β-unsaturated/α-hetero) is 2. The summed E-state index contributed by atoms with van der Waals surface area (Å²) in [5.41, 5.74) is 6.36. The van der Waals surface area contributed by atoms with Crippen LogP contribution in [0.1, 0.15) is 64.2 Å². The lowest BCUT2D eigenvalue weighted by atomic mass is 10.00. The van der Waals surface area contributed by atoms with Crippen LogP contribution in [0.2, 0.25) is 0 Å². The second-order valence-corrected chi connectivity index (χ2v) is 23.2. The van der Waals surface area contributed by atoms with Crippen LogP contribution >= 0.6 is 45.3 Å². The molecule has 6 heterocycles. The van der Waals surface area contributed by atoms with Crippen molar-refractivity contribution >= 4 is 83.4 Å². The van der Waals surface area contributed by atoms with Gasteiger partial charge in [0.2, 0.25) is 0 Å². The normalized spacial score (nSPS) is 13.7. The maximum Gasteiger partial charge on any atom is 0.410 e. The molecule has 2 aliphatic heterocycles. The summed E-state index contributed by atoms with van der Waals surface area (Å²) in [7, 11) is 6.78. The first-order valence-electron chi connectivity index (χ1n) is 24.5. The zero-order valence-electron chi connectivity index (χ0n) is 42.4. The Hall–Kier alpha value is -4.05. The van der Waals surface area contributed by atoms with Crippen LogP contribution in [0.4, 0.5) is 4.79 Å². The number of carbonyl (C=O) groups is 3. The predicted octanol–water partition coefficient (Wildman–Crippen LogP) is 9.18. The van der Waals surface area contributed by atoms with Gasteiger partial charge in [-0.15, -0.1) is 45.3 Å². The smallest absolute Gasteiger partial charge is 0.410 e. The number of carbonyl (C=O) groups excluding carboxylic acids is 3. The summed E-state index contributed by atoms with van der Waals surface area (Å²) < 4.78 is 28.9. The van der Waals surface area contributed by atoms with Gasteiger partial charge in [-0.05, 0) is 75.5 Å². The minimum atomic E-state index is -0.545. The van der Waals surface area contributed by atoms with Gasteiger partial charge in [0.1, 0.15) is 27.2 Å². The third kappa shape index (κ3) is 15.3. The van der Waals surface area contributed by atoms with Gasteiger partial charge in [0.25, 0.3) is 0 Å². The molecule has 4 aromatic heterocycles. The summed E-state index contributed by atoms with van der Waals surface area (Å²) in [5.74, 6) is 0.471. The van der Waals surface area contributed by atoms with Crippen LogP contribution in [-0.4, -0.2) is 155 Å². The fourth-order valence-corrected chi connectivity index (χ4v) is 13.7. The number of para-hydroxylation sites is 2. The third-order valence-electron chi connectivity index (χ3n) is 12.4. The van der Waals surface area contributed by atoms with E-state index in [-0.39, 0.29) is 17.7 Å². The van der Waals surface area contributed by atoms with Crippen molar-refractivity contribution in [1.29, 1.82) is 0 Å². The van der Waals surface area contributed by atoms with Gasteiger partial charge in [-0.3, -0.25) is 19.4 Å². The van der Waals surface area contributed by atoms with E-state index in [9.17, 15) is 14.4 Å². The minimum absolute atomic E-state index is 0.194. The molecule has 0 unspecified atom stereocenters. The molecule has 1 N–H and O–H groups in total. The Morgan fingerprint density at radius 3 is 1.56 bits per heavy atom. The molecule has 14 nitrogen and oxygen atoms in total. The summed E-state index contributed by atoms with van der Waals surface area (Å²) in [6.07, 6.45) is 3.24. The molecule has 0 radical (unpaired) electrons. The quantitative estimate of drug-likeness (QED) is 0.0616. The molecule has 6 aromatic rings. The lowest BCUT2D eigenvalue weighted by Crippen LogP contribution is -2.39. The van der Waals surface area contributed by atoms with Gasteiger partial charge >= 0.3 is 6.09 Å². The van der Waals surface area contributed by atoms with E-state index in [1.807, 2.05) is 45.0 Å². The van der Waals surface area contributed by atoms with Crippen LogP contribution in [0.5, 0.6) is 0 Å². The van der Waals surface area contributed by atoms with Crippen LogP contribution in [0, 0.1) is 0 Å². The maximum absolute atomic E-state index is 13.3. The minimum Gasteiger partial charge on any atom is -0.444 e. The zero-order valence-corrected chi connectivity index (χ0v) is 45.7. The fraction of sp³-hybridized carbons (Fsp3) is 0.528. The number of amides is 1. The molecule has 0 bridgehead atoms. The first-order valence-corrected chi connectivity index (χ1v) is 27.8. The Morgan fingerprint density at radius 2 is 1.10 bits per heavy atom. The molecule has 71 heavy (non-hydrogen) atoms. The number of thiazole rings is 2. The Bertz CT molecular complexity index is 2610. The molecule has 384 valence electrons. The number of methoxy groups -OCH3 is 4. The predicted molar refractivity (Wildman–Crippen MR) is 289 cm³/mol. The molecule has 0 spiro atoms. The standard InChI is InChI=1S/C29H39N3O5S2.C24H31N3O3S2/c1-29(2,3)37-28(34)32-13-11-21-25(19-32)38-24(26(21)27-30-22-8-6-7-9-23(22)39-27)18-20(33)10-12-31(14-16-35-4)15-17-36-5;1-29-13-11-27(12-14-30-2)10-8-17(28)15-21-23(18-7-9-25-16-22(18)31-21)24-26-19-5-3-4-6-20(19)32-24/h6-9H,10-19H2,1-5H3;3-6,25H,7-16H2,1-2H3. The van der Waals surface area contributed by atoms with Gasteiger partial charge in [0, 0.05) is 137 Å². The van der Waals surface area contributed by atoms with Crippen molar-refractivity contribution in [2.45, 2.75) is 78.0 Å². The highest BCUT2D eigenvalue weighted by atomic mass is 32.1. The number of ketones is 2. The fourth-order valence-electron chi connectivity index (χ4n) is 8.69. The number of hydrogen-bond acceptors (Lipinski definition) is 17. The van der Waals surface area contributed by atoms with Crippen molar-refractivity contribution in [2.75, 3.05) is 107 Å². The second-order valence-electron chi connectivity index (χ2n) is 18.7. The van der Waals surface area contributed by atoms with Gasteiger partial charge in [-0.2, -0.15) is 0 Å². The topological polar surface area (TPSA) is 145 Å². The number of nitrogens with one attached hydrogen (secondary N) is 1. The highest BCUT2D eigenvalue weighted by molar-refractivity contribution is 7.22. The van der Waals surface area contributed by atoms with Crippen LogP contribution < -0.4 is 5.32 Å². The van der Waals surface area contributed by atoms with Crippen molar-refractivity contribution in [2.24, 2.45) is 0 Å². The molecule has 18 heteroatoms. The molecule has 8 rings (SSSR count). The van der Waals surface area contributed by atoms with Crippen molar-refractivity contribution in [3.63, 3.8) is 0 Å². The average molecular weight is 1050 g/mol. The molecule has 0 aliphatic carbocycles. The van der Waals surface area contributed by atoms with Gasteiger partial charge in [0.05, 0.1) is 53.4 Å². The van der Waals surface area contributed by atoms with Crippen molar-refractivity contribution < 1.29 is 38.1 Å². The highest BCUT2D eigenvalue weighted by Crippen LogP contribution is 2.44. The van der Waals surface area contributed by atoms with Crippen molar-refractivity contribution in [1.82, 2.24) is 30.0 Å². The van der Waals surface area contributed by atoms with Gasteiger partial charge < -0.3 is 33.9 Å². The lowest BCUT2D eigenvalue weighted by molar-refractivity contribution is -0.119. The first kappa shape index (κ1) is 54.7. The van der Waals surface area contributed by atoms with Gasteiger partial charge in [-0.25, -0.2) is 14.8 Å². The molecule has 1 amide bonds. The molecular formula is C53H70N6O8S4. The number of fused-ring (bicyclic) bond motifs is 4. The molecule has 0 saturated carbocycles. The van der Waals surface area contributed by atoms with E-state index in [4.69, 9.17) is 33.7 Å². The second kappa shape index (κ2) is 26.8. The summed E-state index contributed by atoms with van der Waals surface area (Å²) in [6.45, 7) is 15.7. The van der Waals surface area contributed by atoms with Crippen molar-refractivity contribution in [3.05, 3.63) is 79.2 Å². The number of rotatable bonds is 24. The number of thiophene rings is 2. The van der Waals surface area contributed by atoms with E-state index in [1.54, 1.807) is 78.7 Å². The molecule has 0 saturated heterocycles. The van der Waals surface area contributed by atoms with E-state index >= 15 is 0 Å². The molecule has 0 fully saturated rings. The summed E-state index contributed by atoms with van der Waals surface area (Å²) >= 11 is 6.82. The largest absolute Gasteiger partial charge is 0.444 e. The summed E-state index contributed by atoms with van der Waals surface area (Å²) in [4.78, 5) is 59.9. The van der Waals surface area contributed by atoms with Crippen LogP contribution in [-0.2, 0) is 72.0 Å². The highest BCUT2D eigenvalue weighted by Gasteiger charge is 2.32. The number of hydrogen-bond donors (Lipinski definition) is 1. The van der Waals surface area contributed by atoms with Gasteiger partial charge in [-0.1, -0.05) is 24.3 Å². The van der Waals surface area contributed by atoms with Crippen LogP contribution in [0.15, 0.2) is 48.5 Å². The molecule has 0 atom stereocenters. The monoisotopic (exact) mass is 1050 g/mol. The van der Waals surface area contributed by atoms with E-state index in [0.29, 0.717) is 78.2 Å². The van der Waals surface area contributed by atoms with E-state index < -0.39 is 5.60 Å². The number of ether oxygens (including phenoxy) is 5. The lowest BCUT2D eigenvalue weighted by Gasteiger charge is -2.30. The molecule has 2 aromatic carbocycles. The number of benzene rings is 2. The van der Waals surface area contributed by atoms with Crippen LogP contribution in [0.3, 0.4) is 0 Å². The molecule has 2 aliphatic rings. The van der Waals surface area contributed by atoms with Crippen molar-refractivity contribution in [3.8, 4) is 21.1 Å². The summed E-state index contributed by atoms with van der Waals surface area (Å²) in [6, 6.07) is 16.4. The zero-order chi connectivity index (χ0) is 50.3. The maximum atomic E-state index is 13.3. The summed E-state index contributed by atoms with van der Waals surface area (Å²) in [5, 5.41) is 5.47. The SMILES string of the molecule is COCCN(CCOC)CCC(=O)Cc1sc2c(c1-c1nc3ccccc3s1)CCN(C(=O)OC(C)(C)C)C2.COCCN(CCOC)CCC(=O)Cc1sc2c(c1-c1nc3ccccc3s1)CCNC2. The Kier molecular flexibility index (Phi) is 20.6. The number of aromatic nitrogens is 2.